The molecule has 3 aliphatic carbocycles. The van der Waals surface area contributed by atoms with Gasteiger partial charge in [-0.2, -0.15) is 0 Å². The minimum absolute atomic E-state index is 0.0436. The third-order valence-electron chi connectivity index (χ3n) is 10.5. The molecule has 5 rings (SSSR count). The zero-order valence-corrected chi connectivity index (χ0v) is 26.3. The van der Waals surface area contributed by atoms with E-state index in [1.165, 1.54) is 6.92 Å². The highest BCUT2D eigenvalue weighted by Crippen LogP contribution is 2.41. The number of Topliss-reactive ketones (excluding diaryl/α,β-unsaturated/α-hetero) is 1. The summed E-state index contributed by atoms with van der Waals surface area (Å²) in [5.41, 5.74) is 15.0. The van der Waals surface area contributed by atoms with Gasteiger partial charge in [-0.05, 0) is 51.6 Å². The summed E-state index contributed by atoms with van der Waals surface area (Å²) in [6, 6.07) is -2.33. The van der Waals surface area contributed by atoms with Crippen molar-refractivity contribution in [3.8, 4) is 0 Å². The summed E-state index contributed by atoms with van der Waals surface area (Å²) < 4.78 is 23.6. The zero-order chi connectivity index (χ0) is 33.7. The van der Waals surface area contributed by atoms with Gasteiger partial charge in [0.1, 0.15) is 53.9 Å². The maximum absolute atomic E-state index is 13.0. The van der Waals surface area contributed by atoms with Crippen LogP contribution >= 0.6 is 0 Å². The normalized spacial score (nSPS) is 52.6. The molecule has 46 heavy (non-hydrogen) atoms. The topological polar surface area (TPSA) is 298 Å². The monoisotopic (exact) mass is 663 g/mol. The highest BCUT2D eigenvalue weighted by molar-refractivity contribution is 5.91. The molecular formula is C29H53N5O12. The predicted molar refractivity (Wildman–Crippen MR) is 158 cm³/mol. The van der Waals surface area contributed by atoms with Crippen LogP contribution in [0.5, 0.6) is 0 Å². The number of ether oxygens (including phenoxy) is 4. The molecule has 0 aromatic rings. The van der Waals surface area contributed by atoms with Crippen molar-refractivity contribution in [2.24, 2.45) is 29.0 Å². The van der Waals surface area contributed by atoms with Gasteiger partial charge in [0.2, 0.25) is 0 Å². The van der Waals surface area contributed by atoms with E-state index in [2.05, 4.69) is 10.6 Å². The Labute approximate surface area is 267 Å². The van der Waals surface area contributed by atoms with Crippen molar-refractivity contribution in [3.05, 3.63) is 0 Å². The van der Waals surface area contributed by atoms with Crippen LogP contribution in [0.1, 0.15) is 39.0 Å². The molecule has 17 nitrogen and oxygen atoms in total. The van der Waals surface area contributed by atoms with Gasteiger partial charge in [-0.15, -0.1) is 0 Å². The van der Waals surface area contributed by atoms with Crippen molar-refractivity contribution in [2.75, 3.05) is 26.7 Å². The number of aliphatic hydroxyl groups is 7. The fourth-order valence-electron chi connectivity index (χ4n) is 7.38. The minimum atomic E-state index is -1.69. The van der Waals surface area contributed by atoms with Crippen LogP contribution in [0.25, 0.3) is 0 Å². The molecular weight excluding hydrogens is 610 g/mol. The van der Waals surface area contributed by atoms with E-state index in [0.29, 0.717) is 12.5 Å². The van der Waals surface area contributed by atoms with Gasteiger partial charge in [-0.25, -0.2) is 0 Å². The average Bonchev–Trinajstić information content (AvgIpc) is 3.60. The quantitative estimate of drug-likeness (QED) is 0.0925. The number of hydrogen-bond donors (Lipinski definition) is 12. The molecule has 2 aliphatic heterocycles. The Morgan fingerprint density at radius 1 is 0.891 bits per heavy atom. The fourth-order valence-corrected chi connectivity index (χ4v) is 7.38. The Hall–Kier alpha value is -0.970. The van der Waals surface area contributed by atoms with Crippen LogP contribution in [-0.2, 0) is 23.7 Å². The number of carbonyl (C=O) groups is 1. The van der Waals surface area contributed by atoms with Crippen LogP contribution in [-0.4, -0.2) is 165 Å². The second-order valence-corrected chi connectivity index (χ2v) is 14.3. The first-order valence-corrected chi connectivity index (χ1v) is 16.2. The van der Waals surface area contributed by atoms with Gasteiger partial charge >= 0.3 is 0 Å². The lowest BCUT2D eigenvalue weighted by Gasteiger charge is -2.49. The number of hydrogen-bond acceptors (Lipinski definition) is 17. The van der Waals surface area contributed by atoms with Crippen molar-refractivity contribution in [1.29, 1.82) is 0 Å². The smallest absolute Gasteiger partial charge is 0.187 e. The molecule has 17 heteroatoms. The lowest BCUT2D eigenvalue weighted by Crippen LogP contribution is -2.67. The third kappa shape index (κ3) is 7.30. The summed E-state index contributed by atoms with van der Waals surface area (Å²) >= 11 is 0. The maximum atomic E-state index is 13.0. The van der Waals surface area contributed by atoms with E-state index in [9.17, 15) is 40.5 Å². The van der Waals surface area contributed by atoms with E-state index in [4.69, 9.17) is 36.1 Å². The molecule has 0 amide bonds. The first-order chi connectivity index (χ1) is 21.6. The molecule has 0 aromatic heterocycles. The van der Waals surface area contributed by atoms with E-state index < -0.39 is 102 Å². The lowest BCUT2D eigenvalue weighted by atomic mass is 9.76. The van der Waals surface area contributed by atoms with Crippen molar-refractivity contribution in [2.45, 2.75) is 136 Å². The molecule has 266 valence electrons. The summed E-state index contributed by atoms with van der Waals surface area (Å²) in [5, 5.41) is 81.9. The van der Waals surface area contributed by atoms with E-state index in [-0.39, 0.29) is 38.5 Å². The van der Waals surface area contributed by atoms with Gasteiger partial charge in [-0.3, -0.25) is 4.79 Å². The second kappa shape index (κ2) is 14.1. The van der Waals surface area contributed by atoms with Gasteiger partial charge in [-0.1, -0.05) is 0 Å². The van der Waals surface area contributed by atoms with Crippen LogP contribution in [0.15, 0.2) is 0 Å². The first-order valence-electron chi connectivity index (χ1n) is 16.2. The highest BCUT2D eigenvalue weighted by Gasteiger charge is 2.59. The largest absolute Gasteiger partial charge is 0.388 e. The van der Waals surface area contributed by atoms with Crippen molar-refractivity contribution >= 4 is 5.78 Å². The maximum Gasteiger partial charge on any atom is 0.187 e. The molecule has 2 heterocycles. The summed E-state index contributed by atoms with van der Waals surface area (Å²) in [6.45, 7) is 2.05. The molecule has 16 atom stereocenters. The molecule has 15 N–H and O–H groups in total. The van der Waals surface area contributed by atoms with Crippen molar-refractivity contribution in [1.82, 2.24) is 10.6 Å². The third-order valence-corrected chi connectivity index (χ3v) is 10.5. The number of aliphatic hydroxyl groups excluding tert-OH is 5. The zero-order valence-electron chi connectivity index (χ0n) is 26.3. The van der Waals surface area contributed by atoms with Gasteiger partial charge in [0.05, 0.1) is 18.8 Å². The Bertz CT molecular complexity index is 1060. The fraction of sp³-hybridized carbons (Fsp3) is 0.966. The Balaban J connectivity index is 1.30. The van der Waals surface area contributed by atoms with Gasteiger partial charge < -0.3 is 82.5 Å². The Morgan fingerprint density at radius 2 is 1.54 bits per heavy atom. The molecule has 0 spiro atoms. The molecule has 0 aromatic carbocycles. The van der Waals surface area contributed by atoms with Crippen LogP contribution < -0.4 is 27.8 Å². The predicted octanol–water partition coefficient (Wildman–Crippen LogP) is -5.92. The molecule has 2 saturated heterocycles. The number of likely N-dealkylation sites (N-methyl/N-ethyl adjacent to an activating group) is 1. The van der Waals surface area contributed by atoms with Gasteiger partial charge in [0.15, 0.2) is 18.4 Å². The van der Waals surface area contributed by atoms with Crippen molar-refractivity contribution < 1.29 is 59.5 Å². The van der Waals surface area contributed by atoms with E-state index in [1.807, 2.05) is 0 Å². The van der Waals surface area contributed by atoms with Crippen LogP contribution in [0.2, 0.25) is 0 Å². The van der Waals surface area contributed by atoms with E-state index in [1.54, 1.807) is 7.05 Å². The number of nitrogens with one attached hydrogen (secondary N) is 2. The van der Waals surface area contributed by atoms with Crippen LogP contribution in [0, 0.1) is 11.8 Å². The first kappa shape index (κ1) is 36.3. The highest BCUT2D eigenvalue weighted by atomic mass is 16.7. The number of rotatable bonds is 12. The molecule has 3 unspecified atom stereocenters. The summed E-state index contributed by atoms with van der Waals surface area (Å²) in [5.74, 6) is -0.925. The lowest BCUT2D eigenvalue weighted by molar-refractivity contribution is -0.333. The summed E-state index contributed by atoms with van der Waals surface area (Å²) in [7, 11) is 1.55. The second-order valence-electron chi connectivity index (χ2n) is 14.3. The minimum Gasteiger partial charge on any atom is -0.388 e. The number of nitrogens with two attached hydrogens (primary N) is 3. The van der Waals surface area contributed by atoms with Crippen LogP contribution in [0.4, 0.5) is 0 Å². The number of ketones is 1. The Morgan fingerprint density at radius 3 is 2.15 bits per heavy atom. The van der Waals surface area contributed by atoms with Gasteiger partial charge in [0.25, 0.3) is 0 Å². The molecule has 3 saturated carbocycles. The molecule has 5 fully saturated rings. The average molecular weight is 664 g/mol. The van der Waals surface area contributed by atoms with Crippen molar-refractivity contribution in [3.63, 3.8) is 0 Å². The van der Waals surface area contributed by atoms with Gasteiger partial charge in [0, 0.05) is 37.5 Å². The Kier molecular flexibility index (Phi) is 11.1. The molecule has 0 bridgehead atoms. The number of carbonyl (C=O) groups excluding carboxylic acids is 1. The van der Waals surface area contributed by atoms with E-state index >= 15 is 0 Å². The SMILES string of the molecule is CN[C@@H]1[C@@H](O)[C@@H](O[C@H]2[C@H](CC(=O)C3(O)CC3N)C[C@H](N)C(O[C@H]3O[C@H](CNCC4CC(N)C4)[C@@H](O)[C@H](O)[C@H]3O)[C@@H]2O)OC[C@]1(C)O. The molecule has 0 radical (unpaired) electrons. The summed E-state index contributed by atoms with van der Waals surface area (Å²) in [6.07, 6.45) is -12.4. The summed E-state index contributed by atoms with van der Waals surface area (Å²) in [4.78, 5) is 13.0. The standard InChI is InChI=1S/C29H53N5O12/c1-28(41)10-43-26(22(40)25(28)33-2)45-23-12(6-17(35)29(42)7-16(29)32)5-14(31)24(21(23)39)46-27-20(38)19(37)18(36)15(44-27)9-34-8-11-3-13(30)4-11/h11-16,18-27,33-34,36-42H,3-10,30-32H2,1-2H3/t11?,12-,13?,14-,15+,16?,18+,19-,20+,21+,22+,23-,24?,25+,26+,27+,28-,29?/m0/s1. The van der Waals surface area contributed by atoms with E-state index in [0.717, 1.165) is 12.8 Å². The van der Waals surface area contributed by atoms with Crippen LogP contribution in [0.3, 0.4) is 0 Å². The molecule has 5 aliphatic rings.